The first-order chi connectivity index (χ1) is 10.2. The van der Waals surface area contributed by atoms with E-state index in [9.17, 15) is 18.0 Å². The minimum atomic E-state index is -4.46. The van der Waals surface area contributed by atoms with Crippen LogP contribution in [0.4, 0.5) is 13.2 Å². The maximum atomic E-state index is 13.2. The quantitative estimate of drug-likeness (QED) is 0.726. The molecule has 0 spiro atoms. The van der Waals surface area contributed by atoms with Crippen molar-refractivity contribution in [2.45, 2.75) is 45.3 Å². The summed E-state index contributed by atoms with van der Waals surface area (Å²) in [5, 5.41) is 0. The first kappa shape index (κ1) is 18.7. The lowest BCUT2D eigenvalue weighted by Crippen LogP contribution is -2.33. The molecule has 0 fully saturated rings. The molecule has 1 aromatic carbocycles. The Morgan fingerprint density at radius 2 is 1.77 bits per heavy atom. The van der Waals surface area contributed by atoms with Gasteiger partial charge in [-0.25, -0.2) is 0 Å². The fourth-order valence-corrected chi connectivity index (χ4v) is 2.80. The standard InChI is InChI=1S/C17H24F3NO/c1-5-9-12(6-2)16(22)15(21(3)4)13-10-7-8-11-14(13)17(18,19)20/h7-8,10-12,15H,5-6,9H2,1-4H3. The fraction of sp³-hybridized carbons (Fsp3) is 0.588. The smallest absolute Gasteiger partial charge is 0.297 e. The molecule has 0 aromatic heterocycles. The predicted molar refractivity (Wildman–Crippen MR) is 81.6 cm³/mol. The van der Waals surface area contributed by atoms with Crippen LogP contribution in [0.2, 0.25) is 0 Å². The molecule has 0 saturated carbocycles. The third-order valence-corrected chi connectivity index (χ3v) is 3.88. The summed E-state index contributed by atoms with van der Waals surface area (Å²) in [4.78, 5) is 14.4. The van der Waals surface area contributed by atoms with Gasteiger partial charge in [0.15, 0.2) is 5.78 Å². The van der Waals surface area contributed by atoms with Gasteiger partial charge in [0.05, 0.1) is 11.6 Å². The van der Waals surface area contributed by atoms with Crippen LogP contribution in [0, 0.1) is 5.92 Å². The number of nitrogens with zero attached hydrogens (tertiary/aromatic N) is 1. The minimum absolute atomic E-state index is 0.0413. The molecule has 0 aliphatic heterocycles. The molecule has 124 valence electrons. The number of benzene rings is 1. The summed E-state index contributed by atoms with van der Waals surface area (Å²) in [6.07, 6.45) is -2.28. The number of ketones is 1. The zero-order chi connectivity index (χ0) is 16.9. The maximum absolute atomic E-state index is 13.2. The van der Waals surface area contributed by atoms with Crippen molar-refractivity contribution in [3.05, 3.63) is 35.4 Å². The lowest BCUT2D eigenvalue weighted by Gasteiger charge is -2.29. The van der Waals surface area contributed by atoms with E-state index in [2.05, 4.69) is 0 Å². The van der Waals surface area contributed by atoms with Gasteiger partial charge in [-0.15, -0.1) is 0 Å². The van der Waals surface area contributed by atoms with Crippen LogP contribution in [0.5, 0.6) is 0 Å². The highest BCUT2D eigenvalue weighted by Crippen LogP contribution is 2.37. The van der Waals surface area contributed by atoms with E-state index in [-0.39, 0.29) is 17.3 Å². The van der Waals surface area contributed by atoms with Gasteiger partial charge in [-0.3, -0.25) is 9.69 Å². The van der Waals surface area contributed by atoms with Crippen molar-refractivity contribution in [1.29, 1.82) is 0 Å². The molecule has 22 heavy (non-hydrogen) atoms. The average Bonchev–Trinajstić information content (AvgIpc) is 2.43. The highest BCUT2D eigenvalue weighted by Gasteiger charge is 2.38. The molecule has 0 radical (unpaired) electrons. The van der Waals surface area contributed by atoms with Crippen LogP contribution in [0.15, 0.2) is 24.3 Å². The first-order valence-corrected chi connectivity index (χ1v) is 7.60. The molecular formula is C17H24F3NO. The van der Waals surface area contributed by atoms with Crippen molar-refractivity contribution in [3.63, 3.8) is 0 Å². The van der Waals surface area contributed by atoms with Gasteiger partial charge < -0.3 is 0 Å². The SMILES string of the molecule is CCCC(CC)C(=O)C(c1ccccc1C(F)(F)F)N(C)C. The lowest BCUT2D eigenvalue weighted by atomic mass is 9.86. The molecule has 2 atom stereocenters. The zero-order valence-electron chi connectivity index (χ0n) is 13.6. The normalized spacial score (nSPS) is 14.9. The number of likely N-dealkylation sites (N-methyl/N-ethyl adjacent to an activating group) is 1. The first-order valence-electron chi connectivity index (χ1n) is 7.60. The van der Waals surface area contributed by atoms with E-state index in [0.29, 0.717) is 12.8 Å². The molecule has 2 nitrogen and oxygen atoms in total. The molecule has 0 heterocycles. The van der Waals surface area contributed by atoms with Crippen LogP contribution in [-0.2, 0) is 11.0 Å². The molecular weight excluding hydrogens is 291 g/mol. The number of hydrogen-bond acceptors (Lipinski definition) is 2. The van der Waals surface area contributed by atoms with Gasteiger partial charge in [0.2, 0.25) is 0 Å². The summed E-state index contributed by atoms with van der Waals surface area (Å²) in [6, 6.07) is 4.49. The number of carbonyl (C=O) groups excluding carboxylic acids is 1. The van der Waals surface area contributed by atoms with E-state index in [4.69, 9.17) is 0 Å². The third kappa shape index (κ3) is 4.32. The van der Waals surface area contributed by atoms with Gasteiger partial charge in [-0.1, -0.05) is 38.5 Å². The number of rotatable bonds is 7. The van der Waals surface area contributed by atoms with Crippen molar-refractivity contribution in [2.75, 3.05) is 14.1 Å². The molecule has 2 unspecified atom stereocenters. The van der Waals surface area contributed by atoms with Crippen molar-refractivity contribution in [3.8, 4) is 0 Å². The summed E-state index contributed by atoms with van der Waals surface area (Å²) in [7, 11) is 3.29. The number of alkyl halides is 3. The third-order valence-electron chi connectivity index (χ3n) is 3.88. The van der Waals surface area contributed by atoms with Gasteiger partial charge in [0.25, 0.3) is 0 Å². The van der Waals surface area contributed by atoms with Crippen LogP contribution in [0.25, 0.3) is 0 Å². The highest BCUT2D eigenvalue weighted by atomic mass is 19.4. The monoisotopic (exact) mass is 315 g/mol. The average molecular weight is 315 g/mol. The zero-order valence-corrected chi connectivity index (χ0v) is 13.6. The predicted octanol–water partition coefficient (Wildman–Crippen LogP) is 4.70. The second kappa shape index (κ2) is 7.77. The largest absolute Gasteiger partial charge is 0.416 e. The molecule has 0 aliphatic rings. The molecule has 0 saturated heterocycles. The maximum Gasteiger partial charge on any atom is 0.416 e. The molecule has 0 amide bonds. The van der Waals surface area contributed by atoms with Crippen LogP contribution in [0.3, 0.4) is 0 Å². The Kier molecular flexibility index (Phi) is 6.60. The Morgan fingerprint density at radius 3 is 2.23 bits per heavy atom. The number of carbonyl (C=O) groups is 1. The summed E-state index contributed by atoms with van der Waals surface area (Å²) < 4.78 is 39.7. The Labute approximate surface area is 130 Å². The Bertz CT molecular complexity index is 497. The number of hydrogen-bond donors (Lipinski definition) is 0. The molecule has 0 N–H and O–H groups in total. The van der Waals surface area contributed by atoms with E-state index in [1.54, 1.807) is 25.1 Å². The molecule has 1 rings (SSSR count). The van der Waals surface area contributed by atoms with Crippen molar-refractivity contribution < 1.29 is 18.0 Å². The van der Waals surface area contributed by atoms with Crippen LogP contribution < -0.4 is 0 Å². The molecule has 5 heteroatoms. The van der Waals surface area contributed by atoms with E-state index < -0.39 is 17.8 Å². The topological polar surface area (TPSA) is 20.3 Å². The molecule has 0 bridgehead atoms. The second-order valence-corrected chi connectivity index (χ2v) is 5.75. The van der Waals surface area contributed by atoms with Crippen molar-refractivity contribution >= 4 is 5.78 Å². The molecule has 1 aromatic rings. The highest BCUT2D eigenvalue weighted by molar-refractivity contribution is 5.87. The molecule has 0 aliphatic carbocycles. The van der Waals surface area contributed by atoms with E-state index >= 15 is 0 Å². The second-order valence-electron chi connectivity index (χ2n) is 5.75. The Morgan fingerprint density at radius 1 is 1.18 bits per heavy atom. The number of Topliss-reactive ketones (excluding diaryl/α,β-unsaturated/α-hetero) is 1. The van der Waals surface area contributed by atoms with Gasteiger partial charge in [0.1, 0.15) is 0 Å². The summed E-state index contributed by atoms with van der Waals surface area (Å²) in [5.74, 6) is -0.343. The lowest BCUT2D eigenvalue weighted by molar-refractivity contribution is -0.139. The van der Waals surface area contributed by atoms with Crippen LogP contribution >= 0.6 is 0 Å². The number of halogens is 3. The summed E-state index contributed by atoms with van der Waals surface area (Å²) in [6.45, 7) is 3.88. The van der Waals surface area contributed by atoms with E-state index in [0.717, 1.165) is 12.5 Å². The van der Waals surface area contributed by atoms with Crippen molar-refractivity contribution in [1.82, 2.24) is 4.90 Å². The van der Waals surface area contributed by atoms with E-state index in [1.165, 1.54) is 12.1 Å². The van der Waals surface area contributed by atoms with Crippen molar-refractivity contribution in [2.24, 2.45) is 5.92 Å². The van der Waals surface area contributed by atoms with Gasteiger partial charge >= 0.3 is 6.18 Å². The fourth-order valence-electron chi connectivity index (χ4n) is 2.80. The van der Waals surface area contributed by atoms with Crippen LogP contribution in [-0.4, -0.2) is 24.8 Å². The van der Waals surface area contributed by atoms with Gasteiger partial charge in [-0.05, 0) is 38.6 Å². The van der Waals surface area contributed by atoms with Gasteiger partial charge in [0, 0.05) is 5.92 Å². The summed E-state index contributed by atoms with van der Waals surface area (Å²) >= 11 is 0. The Hall–Kier alpha value is -1.36. The van der Waals surface area contributed by atoms with Crippen LogP contribution in [0.1, 0.15) is 50.3 Å². The minimum Gasteiger partial charge on any atom is -0.297 e. The van der Waals surface area contributed by atoms with Gasteiger partial charge in [-0.2, -0.15) is 13.2 Å². The van der Waals surface area contributed by atoms with E-state index in [1.807, 2.05) is 13.8 Å². The Balaban J connectivity index is 3.31. The summed E-state index contributed by atoms with van der Waals surface area (Å²) in [5.41, 5.74) is -0.687.